The summed E-state index contributed by atoms with van der Waals surface area (Å²) in [6.45, 7) is 3.68. The third kappa shape index (κ3) is 10.0. The second-order valence-corrected chi connectivity index (χ2v) is 10.6. The van der Waals surface area contributed by atoms with Gasteiger partial charge >= 0.3 is 5.97 Å². The van der Waals surface area contributed by atoms with Gasteiger partial charge in [0.15, 0.2) is 0 Å². The first-order chi connectivity index (χ1) is 20.0. The van der Waals surface area contributed by atoms with Gasteiger partial charge in [0.25, 0.3) is 0 Å². The largest absolute Gasteiger partial charge is 0.508 e. The van der Waals surface area contributed by atoms with Gasteiger partial charge in [-0.05, 0) is 42.0 Å². The van der Waals surface area contributed by atoms with Gasteiger partial charge in [-0.25, -0.2) is 9.78 Å². The summed E-state index contributed by atoms with van der Waals surface area (Å²) in [5.74, 6) is -2.98. The van der Waals surface area contributed by atoms with Crippen LogP contribution in [0.2, 0.25) is 0 Å². The monoisotopic (exact) mass is 578 g/mol. The summed E-state index contributed by atoms with van der Waals surface area (Å²) in [5, 5.41) is 27.1. The number of nitrogens with two attached hydrogens (primary N) is 1. The van der Waals surface area contributed by atoms with Crippen molar-refractivity contribution in [2.24, 2.45) is 11.7 Å². The minimum Gasteiger partial charge on any atom is -0.508 e. The summed E-state index contributed by atoms with van der Waals surface area (Å²) in [5.41, 5.74) is 8.19. The van der Waals surface area contributed by atoms with E-state index in [1.807, 2.05) is 19.9 Å². The Labute approximate surface area is 244 Å². The highest BCUT2D eigenvalue weighted by Gasteiger charge is 2.31. The molecule has 3 rings (SSSR count). The van der Waals surface area contributed by atoms with Crippen molar-refractivity contribution in [1.29, 1.82) is 0 Å². The lowest BCUT2D eigenvalue weighted by molar-refractivity contribution is -0.142. The number of amides is 3. The quantitative estimate of drug-likeness (QED) is 0.139. The highest BCUT2D eigenvalue weighted by Crippen LogP contribution is 2.12. The van der Waals surface area contributed by atoms with Crippen molar-refractivity contribution >= 4 is 23.7 Å². The Hall–Kier alpha value is -4.71. The van der Waals surface area contributed by atoms with Gasteiger partial charge in [-0.2, -0.15) is 0 Å². The number of benzene rings is 2. The van der Waals surface area contributed by atoms with Crippen LogP contribution in [0.4, 0.5) is 0 Å². The molecule has 1 heterocycles. The number of phenols is 1. The number of H-pyrrole nitrogens is 1. The van der Waals surface area contributed by atoms with Crippen LogP contribution in [0.3, 0.4) is 0 Å². The van der Waals surface area contributed by atoms with Gasteiger partial charge in [0, 0.05) is 24.7 Å². The third-order valence-corrected chi connectivity index (χ3v) is 6.58. The van der Waals surface area contributed by atoms with Crippen LogP contribution in [0.5, 0.6) is 5.75 Å². The maximum atomic E-state index is 13.6. The molecule has 8 N–H and O–H groups in total. The van der Waals surface area contributed by atoms with Crippen LogP contribution in [0.25, 0.3) is 0 Å². The van der Waals surface area contributed by atoms with E-state index in [0.29, 0.717) is 5.69 Å². The van der Waals surface area contributed by atoms with Crippen molar-refractivity contribution in [1.82, 2.24) is 25.9 Å². The number of imidazole rings is 1. The van der Waals surface area contributed by atoms with E-state index in [1.54, 1.807) is 36.4 Å². The minimum atomic E-state index is -1.18. The lowest BCUT2D eigenvalue weighted by atomic mass is 10.0. The summed E-state index contributed by atoms with van der Waals surface area (Å²) < 4.78 is 0. The van der Waals surface area contributed by atoms with Crippen molar-refractivity contribution in [2.75, 3.05) is 0 Å². The fraction of sp³-hybridized carbons (Fsp3) is 0.367. The van der Waals surface area contributed by atoms with Crippen LogP contribution in [-0.2, 0) is 38.4 Å². The number of aliphatic carboxylic acids is 1. The molecule has 42 heavy (non-hydrogen) atoms. The number of phenolic OH excluding ortho intramolecular Hbond substituents is 1. The van der Waals surface area contributed by atoms with Crippen molar-refractivity contribution in [3.63, 3.8) is 0 Å². The Morgan fingerprint density at radius 2 is 1.38 bits per heavy atom. The smallest absolute Gasteiger partial charge is 0.326 e. The minimum absolute atomic E-state index is 0.00305. The van der Waals surface area contributed by atoms with Crippen LogP contribution in [0.15, 0.2) is 67.1 Å². The molecule has 0 saturated heterocycles. The van der Waals surface area contributed by atoms with Gasteiger partial charge in [0.05, 0.1) is 12.4 Å². The predicted molar refractivity (Wildman–Crippen MR) is 155 cm³/mol. The number of carbonyl (C=O) groups excluding carboxylic acids is 3. The van der Waals surface area contributed by atoms with Crippen LogP contribution >= 0.6 is 0 Å². The number of nitrogens with zero attached hydrogens (tertiary/aromatic N) is 1. The Morgan fingerprint density at radius 3 is 1.95 bits per heavy atom. The highest BCUT2D eigenvalue weighted by molar-refractivity contribution is 5.94. The van der Waals surface area contributed by atoms with Gasteiger partial charge in [0.2, 0.25) is 17.7 Å². The molecule has 3 amide bonds. The molecule has 0 spiro atoms. The number of aromatic amines is 1. The molecule has 12 heteroatoms. The molecule has 224 valence electrons. The van der Waals surface area contributed by atoms with Gasteiger partial charge < -0.3 is 36.9 Å². The van der Waals surface area contributed by atoms with E-state index in [2.05, 4.69) is 25.9 Å². The third-order valence-electron chi connectivity index (χ3n) is 6.58. The number of carboxylic acids is 1. The molecule has 0 fully saturated rings. The average molecular weight is 579 g/mol. The number of aromatic hydroxyl groups is 1. The van der Waals surface area contributed by atoms with Crippen LogP contribution < -0.4 is 21.7 Å². The topological polar surface area (TPSA) is 200 Å². The molecular formula is C30H38N6O6. The maximum Gasteiger partial charge on any atom is 0.326 e. The van der Waals surface area contributed by atoms with Gasteiger partial charge in [0.1, 0.15) is 23.9 Å². The summed E-state index contributed by atoms with van der Waals surface area (Å²) >= 11 is 0. The Balaban J connectivity index is 1.79. The highest BCUT2D eigenvalue weighted by atomic mass is 16.4. The number of nitrogens with one attached hydrogen (secondary N) is 4. The summed E-state index contributed by atoms with van der Waals surface area (Å²) in [7, 11) is 0. The molecule has 1 aromatic heterocycles. The standard InChI is InChI=1S/C30H38N6O6/c1-18(2)12-26(30(41)42)36-29(40)25(15-21-16-32-17-33-21)35-28(39)24(14-19-6-4-3-5-7-19)34-27(38)23(31)13-20-8-10-22(37)11-9-20/h3-11,16-18,23-26,37H,12-15,31H2,1-2H3,(H,32,33)(H,34,38)(H,35,39)(H,36,40)(H,41,42). The van der Waals surface area contributed by atoms with Crippen molar-refractivity contribution in [3.05, 3.63) is 83.9 Å². The molecule has 4 atom stereocenters. The Morgan fingerprint density at radius 1 is 0.810 bits per heavy atom. The van der Waals surface area contributed by atoms with E-state index >= 15 is 0 Å². The number of carbonyl (C=O) groups is 4. The lowest BCUT2D eigenvalue weighted by Crippen LogP contribution is -2.58. The fourth-order valence-corrected chi connectivity index (χ4v) is 4.38. The van der Waals surface area contributed by atoms with Crippen molar-refractivity contribution in [2.45, 2.75) is 63.7 Å². The first-order valence-electron chi connectivity index (χ1n) is 13.7. The zero-order valence-electron chi connectivity index (χ0n) is 23.6. The van der Waals surface area contributed by atoms with E-state index in [9.17, 15) is 29.4 Å². The van der Waals surface area contributed by atoms with Gasteiger partial charge in [-0.3, -0.25) is 14.4 Å². The number of aromatic nitrogens is 2. The summed E-state index contributed by atoms with van der Waals surface area (Å²) in [4.78, 5) is 58.6. The molecule has 2 aromatic carbocycles. The second kappa shape index (κ2) is 15.3. The van der Waals surface area contributed by atoms with Crippen LogP contribution in [0.1, 0.15) is 37.1 Å². The zero-order valence-corrected chi connectivity index (χ0v) is 23.6. The molecule has 3 aromatic rings. The number of hydrogen-bond acceptors (Lipinski definition) is 7. The first-order valence-corrected chi connectivity index (χ1v) is 13.7. The lowest BCUT2D eigenvalue weighted by Gasteiger charge is -2.25. The fourth-order valence-electron chi connectivity index (χ4n) is 4.38. The number of carboxylic acid groups (broad SMARTS) is 1. The van der Waals surface area contributed by atoms with Gasteiger partial charge in [-0.1, -0.05) is 56.3 Å². The molecule has 4 unspecified atom stereocenters. The molecule has 12 nitrogen and oxygen atoms in total. The molecule has 0 aliphatic rings. The second-order valence-electron chi connectivity index (χ2n) is 10.6. The van der Waals surface area contributed by atoms with E-state index in [1.165, 1.54) is 24.7 Å². The van der Waals surface area contributed by atoms with Crippen molar-refractivity contribution in [3.8, 4) is 5.75 Å². The average Bonchev–Trinajstić information content (AvgIpc) is 3.46. The van der Waals surface area contributed by atoms with E-state index in [4.69, 9.17) is 5.73 Å². The van der Waals surface area contributed by atoms with E-state index in [0.717, 1.165) is 11.1 Å². The summed E-state index contributed by atoms with van der Waals surface area (Å²) in [6.07, 6.45) is 3.44. The Bertz CT molecular complexity index is 1310. The normalized spacial score (nSPS) is 13.9. The summed E-state index contributed by atoms with van der Waals surface area (Å²) in [6, 6.07) is 11.0. The van der Waals surface area contributed by atoms with Crippen LogP contribution in [0, 0.1) is 5.92 Å². The molecule has 0 bridgehead atoms. The Kier molecular flexibility index (Phi) is 11.6. The number of rotatable bonds is 15. The van der Waals surface area contributed by atoms with E-state index in [-0.39, 0.29) is 37.4 Å². The van der Waals surface area contributed by atoms with Crippen LogP contribution in [-0.4, -0.2) is 68.0 Å². The predicted octanol–water partition coefficient (Wildman–Crippen LogP) is 1.06. The van der Waals surface area contributed by atoms with E-state index < -0.39 is 47.9 Å². The number of hydrogen-bond donors (Lipinski definition) is 7. The first kappa shape index (κ1) is 31.8. The molecule has 0 aliphatic heterocycles. The molecule has 0 aliphatic carbocycles. The molecule has 0 saturated carbocycles. The van der Waals surface area contributed by atoms with Crippen molar-refractivity contribution < 1.29 is 29.4 Å². The van der Waals surface area contributed by atoms with Gasteiger partial charge in [-0.15, -0.1) is 0 Å². The molecular weight excluding hydrogens is 540 g/mol. The molecule has 0 radical (unpaired) electrons. The SMILES string of the molecule is CC(C)CC(NC(=O)C(Cc1cnc[nH]1)NC(=O)C(Cc1ccccc1)NC(=O)C(N)Cc1ccc(O)cc1)C(=O)O. The zero-order chi connectivity index (χ0) is 30.6. The maximum absolute atomic E-state index is 13.6.